The Labute approximate surface area is 67.3 Å². The highest BCUT2D eigenvalue weighted by Crippen LogP contribution is 2.01. The molecule has 6 nitrogen and oxygen atoms in total. The van der Waals surface area contributed by atoms with Gasteiger partial charge in [-0.1, -0.05) is 0 Å². The molecule has 0 unspecified atom stereocenters. The van der Waals surface area contributed by atoms with E-state index in [4.69, 9.17) is 5.11 Å². The zero-order valence-corrected chi connectivity index (χ0v) is 6.29. The van der Waals surface area contributed by atoms with Crippen molar-refractivity contribution < 1.29 is 9.90 Å². The minimum Gasteiger partial charge on any atom is -0.493 e. The van der Waals surface area contributed by atoms with Crippen LogP contribution in [-0.2, 0) is 4.79 Å². The van der Waals surface area contributed by atoms with Crippen molar-refractivity contribution in [2.45, 2.75) is 6.92 Å². The Hall–Kier alpha value is -1.85. The molecule has 0 spiro atoms. The number of anilines is 1. The van der Waals surface area contributed by atoms with Gasteiger partial charge >= 0.3 is 0 Å². The Balaban J connectivity index is 3.01. The van der Waals surface area contributed by atoms with Gasteiger partial charge in [0.25, 0.3) is 5.56 Å². The van der Waals surface area contributed by atoms with Crippen LogP contribution in [0.1, 0.15) is 6.92 Å². The van der Waals surface area contributed by atoms with Crippen LogP contribution in [0.15, 0.2) is 10.9 Å². The number of rotatable bonds is 1. The lowest BCUT2D eigenvalue weighted by Crippen LogP contribution is -2.14. The van der Waals surface area contributed by atoms with Crippen LogP contribution in [0.4, 0.5) is 5.95 Å². The SMILES string of the molecule is CC(=O)Nc1nc(O)cc(=O)[nH]1. The van der Waals surface area contributed by atoms with E-state index >= 15 is 0 Å². The maximum Gasteiger partial charge on any atom is 0.256 e. The molecule has 0 saturated carbocycles. The Morgan fingerprint density at radius 1 is 1.75 bits per heavy atom. The molecule has 0 atom stereocenters. The number of nitrogens with one attached hydrogen (secondary N) is 2. The van der Waals surface area contributed by atoms with E-state index in [-0.39, 0.29) is 11.9 Å². The second kappa shape index (κ2) is 3.04. The third-order valence-corrected chi connectivity index (χ3v) is 1.02. The van der Waals surface area contributed by atoms with Crippen LogP contribution in [0.5, 0.6) is 5.88 Å². The number of nitrogens with zero attached hydrogens (tertiary/aromatic N) is 1. The van der Waals surface area contributed by atoms with Crippen LogP contribution in [0.3, 0.4) is 0 Å². The molecule has 0 aliphatic heterocycles. The number of aromatic nitrogens is 2. The van der Waals surface area contributed by atoms with Gasteiger partial charge in [-0.15, -0.1) is 0 Å². The molecule has 0 bridgehead atoms. The number of amides is 1. The molecule has 0 aliphatic rings. The molecule has 0 aliphatic carbocycles. The van der Waals surface area contributed by atoms with Crippen LogP contribution in [0, 0.1) is 0 Å². The van der Waals surface area contributed by atoms with Crippen molar-refractivity contribution in [2.75, 3.05) is 5.32 Å². The van der Waals surface area contributed by atoms with Gasteiger partial charge in [-0.3, -0.25) is 19.9 Å². The van der Waals surface area contributed by atoms with E-state index in [1.54, 1.807) is 0 Å². The lowest BCUT2D eigenvalue weighted by molar-refractivity contribution is -0.114. The van der Waals surface area contributed by atoms with E-state index in [0.717, 1.165) is 6.07 Å². The molecule has 6 heteroatoms. The van der Waals surface area contributed by atoms with Gasteiger partial charge in [-0.2, -0.15) is 4.98 Å². The second-order valence-electron chi connectivity index (χ2n) is 2.13. The van der Waals surface area contributed by atoms with Gasteiger partial charge in [0, 0.05) is 6.92 Å². The Morgan fingerprint density at radius 2 is 2.42 bits per heavy atom. The predicted octanol–water partition coefficient (Wildman–Crippen LogP) is -0.566. The van der Waals surface area contributed by atoms with Crippen LogP contribution in [-0.4, -0.2) is 21.0 Å². The molecule has 1 rings (SSSR count). The van der Waals surface area contributed by atoms with E-state index in [9.17, 15) is 9.59 Å². The van der Waals surface area contributed by atoms with E-state index in [1.165, 1.54) is 6.92 Å². The Bertz CT molecular complexity index is 357. The molecule has 1 heterocycles. The number of hydrogen-bond donors (Lipinski definition) is 3. The fraction of sp³-hybridized carbons (Fsp3) is 0.167. The number of hydrogen-bond acceptors (Lipinski definition) is 4. The highest BCUT2D eigenvalue weighted by atomic mass is 16.3. The summed E-state index contributed by atoms with van der Waals surface area (Å²) >= 11 is 0. The first kappa shape index (κ1) is 8.25. The summed E-state index contributed by atoms with van der Waals surface area (Å²) in [6, 6.07) is 0.908. The van der Waals surface area contributed by atoms with Crippen molar-refractivity contribution in [3.05, 3.63) is 16.4 Å². The van der Waals surface area contributed by atoms with E-state index in [2.05, 4.69) is 15.3 Å². The Morgan fingerprint density at radius 3 is 2.92 bits per heavy atom. The number of carbonyl (C=O) groups is 1. The Kier molecular flexibility index (Phi) is 2.09. The van der Waals surface area contributed by atoms with Gasteiger partial charge in [0.05, 0.1) is 6.07 Å². The van der Waals surface area contributed by atoms with Gasteiger partial charge in [0.1, 0.15) is 0 Å². The first-order valence-electron chi connectivity index (χ1n) is 3.16. The zero-order valence-electron chi connectivity index (χ0n) is 6.29. The molecule has 0 aromatic carbocycles. The van der Waals surface area contributed by atoms with Crippen molar-refractivity contribution >= 4 is 11.9 Å². The van der Waals surface area contributed by atoms with E-state index in [1.807, 2.05) is 0 Å². The first-order chi connectivity index (χ1) is 5.58. The van der Waals surface area contributed by atoms with Crippen molar-refractivity contribution in [3.63, 3.8) is 0 Å². The molecule has 64 valence electrons. The minimum atomic E-state index is -0.522. The van der Waals surface area contributed by atoms with Gasteiger partial charge in [-0.25, -0.2) is 0 Å². The summed E-state index contributed by atoms with van der Waals surface area (Å²) < 4.78 is 0. The lowest BCUT2D eigenvalue weighted by atomic mass is 10.6. The third kappa shape index (κ3) is 2.08. The quantitative estimate of drug-likeness (QED) is 0.524. The maximum absolute atomic E-state index is 10.7. The molecule has 12 heavy (non-hydrogen) atoms. The molecule has 1 amide bonds. The summed E-state index contributed by atoms with van der Waals surface area (Å²) in [4.78, 5) is 26.8. The highest BCUT2D eigenvalue weighted by molar-refractivity contribution is 5.86. The van der Waals surface area contributed by atoms with Crippen LogP contribution in [0.25, 0.3) is 0 Å². The van der Waals surface area contributed by atoms with Crippen LogP contribution >= 0.6 is 0 Å². The standard InChI is InChI=1S/C6H7N3O3/c1-3(10)7-6-8-4(11)2-5(12)9-6/h2H,1H3,(H3,7,8,9,10,11,12). The van der Waals surface area contributed by atoms with E-state index < -0.39 is 11.4 Å². The number of aromatic hydroxyl groups is 1. The molecular weight excluding hydrogens is 162 g/mol. The smallest absolute Gasteiger partial charge is 0.256 e. The average Bonchev–Trinajstić information content (AvgIpc) is 1.81. The minimum absolute atomic E-state index is 0.0625. The fourth-order valence-electron chi connectivity index (χ4n) is 0.671. The number of aromatic amines is 1. The topological polar surface area (TPSA) is 95.1 Å². The first-order valence-corrected chi connectivity index (χ1v) is 3.16. The molecular formula is C6H7N3O3. The van der Waals surface area contributed by atoms with Gasteiger partial charge in [0.2, 0.25) is 17.7 Å². The van der Waals surface area contributed by atoms with Gasteiger partial charge in [-0.05, 0) is 0 Å². The summed E-state index contributed by atoms with van der Waals surface area (Å²) in [5.41, 5.74) is -0.522. The van der Waals surface area contributed by atoms with Crippen molar-refractivity contribution in [3.8, 4) is 5.88 Å². The van der Waals surface area contributed by atoms with Crippen molar-refractivity contribution in [1.82, 2.24) is 9.97 Å². The van der Waals surface area contributed by atoms with Gasteiger partial charge < -0.3 is 5.11 Å². The molecule has 3 N–H and O–H groups in total. The largest absolute Gasteiger partial charge is 0.493 e. The van der Waals surface area contributed by atoms with Crippen LogP contribution in [0.2, 0.25) is 0 Å². The highest BCUT2D eigenvalue weighted by Gasteiger charge is 1.99. The van der Waals surface area contributed by atoms with Gasteiger partial charge in [0.15, 0.2) is 0 Å². The maximum atomic E-state index is 10.7. The van der Waals surface area contributed by atoms with Crippen molar-refractivity contribution in [1.29, 1.82) is 0 Å². The summed E-state index contributed by atoms with van der Waals surface area (Å²) in [6.45, 7) is 1.27. The van der Waals surface area contributed by atoms with Crippen LogP contribution < -0.4 is 10.9 Å². The number of H-pyrrole nitrogens is 1. The predicted molar refractivity (Wildman–Crippen MR) is 40.8 cm³/mol. The molecule has 1 aromatic rings. The zero-order chi connectivity index (χ0) is 9.14. The number of carbonyl (C=O) groups excluding carboxylic acids is 1. The summed E-state index contributed by atoms with van der Waals surface area (Å²) in [7, 11) is 0. The lowest BCUT2D eigenvalue weighted by Gasteiger charge is -1.98. The summed E-state index contributed by atoms with van der Waals surface area (Å²) in [6.07, 6.45) is 0. The molecule has 0 fully saturated rings. The second-order valence-corrected chi connectivity index (χ2v) is 2.13. The molecule has 1 aromatic heterocycles. The molecule has 0 saturated heterocycles. The fourth-order valence-corrected chi connectivity index (χ4v) is 0.671. The summed E-state index contributed by atoms with van der Waals surface area (Å²) in [5.74, 6) is -0.862. The monoisotopic (exact) mass is 169 g/mol. The van der Waals surface area contributed by atoms with E-state index in [0.29, 0.717) is 0 Å². The summed E-state index contributed by atoms with van der Waals surface area (Å²) in [5, 5.41) is 11.0. The normalized spacial score (nSPS) is 9.42. The third-order valence-electron chi connectivity index (χ3n) is 1.02. The van der Waals surface area contributed by atoms with Crippen molar-refractivity contribution in [2.24, 2.45) is 0 Å². The molecule has 0 radical (unpaired) electrons. The average molecular weight is 169 g/mol.